The van der Waals surface area contributed by atoms with Crippen molar-refractivity contribution in [1.82, 2.24) is 15.5 Å². The van der Waals surface area contributed by atoms with Crippen LogP contribution in [0.15, 0.2) is 18.2 Å². The van der Waals surface area contributed by atoms with Crippen LogP contribution in [0, 0.1) is 0 Å². The number of urea groups is 1. The fourth-order valence-corrected chi connectivity index (χ4v) is 4.53. The third kappa shape index (κ3) is 4.44. The maximum Gasteiger partial charge on any atom is 0.325 e. The molecule has 2 aliphatic rings. The molecule has 1 aromatic rings. The summed E-state index contributed by atoms with van der Waals surface area (Å²) in [7, 11) is 0. The zero-order chi connectivity index (χ0) is 20.3. The summed E-state index contributed by atoms with van der Waals surface area (Å²) in [5, 5.41) is 6.36. The van der Waals surface area contributed by atoms with E-state index in [0.717, 1.165) is 30.6 Å². The minimum absolute atomic E-state index is 0.102. The van der Waals surface area contributed by atoms with Gasteiger partial charge in [-0.2, -0.15) is 0 Å². The Morgan fingerprint density at radius 1 is 1.18 bits per heavy atom. The zero-order valence-electron chi connectivity index (χ0n) is 15.9. The summed E-state index contributed by atoms with van der Waals surface area (Å²) >= 11 is 12.2. The van der Waals surface area contributed by atoms with Crippen LogP contribution in [-0.2, 0) is 15.1 Å². The van der Waals surface area contributed by atoms with Crippen LogP contribution in [0.4, 0.5) is 4.79 Å². The lowest BCUT2D eigenvalue weighted by Gasteiger charge is -2.24. The summed E-state index contributed by atoms with van der Waals surface area (Å²) in [6, 6.07) is 4.24. The second-order valence-corrected chi connectivity index (χ2v) is 8.52. The average molecular weight is 426 g/mol. The number of benzene rings is 1. The molecule has 6 nitrogen and oxygen atoms in total. The molecule has 1 aromatic carbocycles. The van der Waals surface area contributed by atoms with Crippen molar-refractivity contribution < 1.29 is 14.4 Å². The molecule has 1 atom stereocenters. The molecule has 3 rings (SSSR count). The zero-order valence-corrected chi connectivity index (χ0v) is 17.4. The number of nitrogens with zero attached hydrogens (tertiary/aromatic N) is 1. The Hall–Kier alpha value is -1.79. The Labute approximate surface area is 174 Å². The Kier molecular flexibility index (Phi) is 6.50. The molecular formula is C20H25Cl2N3O3. The third-order valence-corrected chi connectivity index (χ3v) is 6.06. The Balaban J connectivity index is 1.68. The molecule has 28 heavy (non-hydrogen) atoms. The van der Waals surface area contributed by atoms with E-state index in [-0.39, 0.29) is 23.5 Å². The first-order chi connectivity index (χ1) is 13.3. The second kappa shape index (κ2) is 8.70. The van der Waals surface area contributed by atoms with Gasteiger partial charge in [-0.15, -0.1) is 0 Å². The van der Waals surface area contributed by atoms with Gasteiger partial charge in [0.1, 0.15) is 12.1 Å². The molecule has 1 heterocycles. The van der Waals surface area contributed by atoms with Crippen molar-refractivity contribution in [2.24, 2.45) is 0 Å². The van der Waals surface area contributed by atoms with Gasteiger partial charge in [-0.1, -0.05) is 61.4 Å². The van der Waals surface area contributed by atoms with Crippen LogP contribution in [-0.4, -0.2) is 35.3 Å². The molecule has 0 spiro atoms. The normalized spacial score (nSPS) is 23.9. The summed E-state index contributed by atoms with van der Waals surface area (Å²) in [6.07, 6.45) is 7.64. The van der Waals surface area contributed by atoms with Gasteiger partial charge in [0.25, 0.3) is 5.91 Å². The van der Waals surface area contributed by atoms with E-state index in [9.17, 15) is 14.4 Å². The van der Waals surface area contributed by atoms with Gasteiger partial charge in [0.05, 0.1) is 0 Å². The molecule has 0 radical (unpaired) electrons. The Morgan fingerprint density at radius 3 is 2.46 bits per heavy atom. The molecule has 0 aromatic heterocycles. The van der Waals surface area contributed by atoms with E-state index in [1.165, 1.54) is 25.3 Å². The van der Waals surface area contributed by atoms with Crippen LogP contribution in [0.25, 0.3) is 0 Å². The number of hydrogen-bond acceptors (Lipinski definition) is 3. The van der Waals surface area contributed by atoms with Gasteiger partial charge in [-0.25, -0.2) is 4.79 Å². The highest BCUT2D eigenvalue weighted by molar-refractivity contribution is 6.35. The van der Waals surface area contributed by atoms with Gasteiger partial charge in [-0.3, -0.25) is 14.5 Å². The van der Waals surface area contributed by atoms with Crippen molar-refractivity contribution in [3.63, 3.8) is 0 Å². The largest absolute Gasteiger partial charge is 0.352 e. The van der Waals surface area contributed by atoms with Crippen molar-refractivity contribution in [3.05, 3.63) is 33.8 Å². The Bertz CT molecular complexity index is 778. The van der Waals surface area contributed by atoms with Crippen LogP contribution >= 0.6 is 23.2 Å². The minimum Gasteiger partial charge on any atom is -0.352 e. The molecule has 2 fully saturated rings. The SMILES string of the molecule is C[C@]1(c2ccc(Cl)cc2Cl)NC(=O)N(CC(=O)NC2CCCCCCC2)C1=O. The van der Waals surface area contributed by atoms with Crippen LogP contribution in [0.1, 0.15) is 57.4 Å². The first kappa shape index (κ1) is 20.9. The second-order valence-electron chi connectivity index (χ2n) is 7.68. The number of carbonyl (C=O) groups is 3. The number of nitrogens with one attached hydrogen (secondary N) is 2. The van der Waals surface area contributed by atoms with E-state index in [2.05, 4.69) is 10.6 Å². The molecule has 0 unspecified atom stereocenters. The summed E-state index contributed by atoms with van der Waals surface area (Å²) < 4.78 is 0. The van der Waals surface area contributed by atoms with Crippen molar-refractivity contribution in [1.29, 1.82) is 0 Å². The summed E-state index contributed by atoms with van der Waals surface area (Å²) in [6.45, 7) is 1.27. The lowest BCUT2D eigenvalue weighted by atomic mass is 9.92. The molecule has 8 heteroatoms. The van der Waals surface area contributed by atoms with Gasteiger partial charge in [-0.05, 0) is 31.9 Å². The standard InChI is InChI=1S/C20H25Cl2N3O3/c1-20(15-10-9-13(21)11-16(15)22)18(27)25(19(28)24-20)12-17(26)23-14-7-5-3-2-4-6-8-14/h9-11,14H,2-8,12H2,1H3,(H,23,26)(H,24,28)/t20-/m1/s1. The number of imide groups is 1. The van der Waals surface area contributed by atoms with E-state index in [1.54, 1.807) is 19.1 Å². The maximum atomic E-state index is 13.0. The molecule has 1 aliphatic carbocycles. The molecule has 152 valence electrons. The fourth-order valence-electron chi connectivity index (χ4n) is 3.94. The van der Waals surface area contributed by atoms with Gasteiger partial charge in [0.15, 0.2) is 0 Å². The summed E-state index contributed by atoms with van der Waals surface area (Å²) in [5.74, 6) is -0.824. The topological polar surface area (TPSA) is 78.5 Å². The highest BCUT2D eigenvalue weighted by Gasteiger charge is 2.50. The third-order valence-electron chi connectivity index (χ3n) is 5.52. The number of amides is 4. The van der Waals surface area contributed by atoms with Crippen molar-refractivity contribution >= 4 is 41.0 Å². The summed E-state index contributed by atoms with van der Waals surface area (Å²) in [5.41, 5.74) is -0.890. The first-order valence-electron chi connectivity index (χ1n) is 9.70. The lowest BCUT2D eigenvalue weighted by Crippen LogP contribution is -2.45. The van der Waals surface area contributed by atoms with Crippen LogP contribution in [0.5, 0.6) is 0 Å². The monoisotopic (exact) mass is 425 g/mol. The predicted molar refractivity (Wildman–Crippen MR) is 108 cm³/mol. The van der Waals surface area contributed by atoms with Crippen molar-refractivity contribution in [2.75, 3.05) is 6.54 Å². The highest BCUT2D eigenvalue weighted by Crippen LogP contribution is 2.34. The van der Waals surface area contributed by atoms with E-state index >= 15 is 0 Å². The van der Waals surface area contributed by atoms with Crippen molar-refractivity contribution in [3.8, 4) is 0 Å². The van der Waals surface area contributed by atoms with Crippen molar-refractivity contribution in [2.45, 2.75) is 63.5 Å². The minimum atomic E-state index is -1.33. The van der Waals surface area contributed by atoms with Gasteiger partial charge in [0.2, 0.25) is 5.91 Å². The molecule has 1 aliphatic heterocycles. The molecule has 1 saturated carbocycles. The highest BCUT2D eigenvalue weighted by atomic mass is 35.5. The van der Waals surface area contributed by atoms with E-state index in [4.69, 9.17) is 23.2 Å². The van der Waals surface area contributed by atoms with Crippen LogP contribution in [0.3, 0.4) is 0 Å². The molecule has 1 saturated heterocycles. The van der Waals surface area contributed by atoms with Gasteiger partial charge in [0, 0.05) is 21.7 Å². The summed E-state index contributed by atoms with van der Waals surface area (Å²) in [4.78, 5) is 38.8. The number of carbonyl (C=O) groups excluding carboxylic acids is 3. The molecule has 2 N–H and O–H groups in total. The van der Waals surface area contributed by atoms with Gasteiger partial charge < -0.3 is 10.6 Å². The lowest BCUT2D eigenvalue weighted by molar-refractivity contribution is -0.135. The average Bonchev–Trinajstić information content (AvgIpc) is 2.81. The molecule has 0 bridgehead atoms. The maximum absolute atomic E-state index is 13.0. The van der Waals surface area contributed by atoms with Crippen LogP contribution < -0.4 is 10.6 Å². The molecular weight excluding hydrogens is 401 g/mol. The predicted octanol–water partition coefficient (Wildman–Crippen LogP) is 3.99. The quantitative estimate of drug-likeness (QED) is 0.715. The Morgan fingerprint density at radius 2 is 1.82 bits per heavy atom. The smallest absolute Gasteiger partial charge is 0.325 e. The van der Waals surface area contributed by atoms with E-state index < -0.39 is 17.5 Å². The van der Waals surface area contributed by atoms with E-state index in [1.807, 2.05) is 0 Å². The first-order valence-corrected chi connectivity index (χ1v) is 10.5. The van der Waals surface area contributed by atoms with E-state index in [0.29, 0.717) is 10.6 Å². The van der Waals surface area contributed by atoms with Gasteiger partial charge >= 0.3 is 6.03 Å². The number of hydrogen-bond donors (Lipinski definition) is 2. The molecule has 4 amide bonds. The number of rotatable bonds is 4. The fraction of sp³-hybridized carbons (Fsp3) is 0.550. The number of halogens is 2. The van der Waals surface area contributed by atoms with Crippen LogP contribution in [0.2, 0.25) is 10.0 Å².